The number of carbonyl (C=O) groups is 2. The standard InChI is InChI=1S/C3H4O4.Na.H/c4-2(5)1-3(6)7;;/h1H2,(H,4,5)(H,6,7);;/q;+1;-1. The van der Waals surface area contributed by atoms with Gasteiger partial charge in [-0.3, -0.25) is 9.59 Å². The van der Waals surface area contributed by atoms with Crippen LogP contribution in [0.15, 0.2) is 0 Å². The van der Waals surface area contributed by atoms with E-state index in [9.17, 15) is 9.59 Å². The zero-order valence-electron chi connectivity index (χ0n) is 5.42. The van der Waals surface area contributed by atoms with Crippen LogP contribution in [0.2, 0.25) is 0 Å². The minimum atomic E-state index is -1.31. The zero-order chi connectivity index (χ0) is 5.86. The summed E-state index contributed by atoms with van der Waals surface area (Å²) in [6.07, 6.45) is -0.806. The van der Waals surface area contributed by atoms with E-state index >= 15 is 0 Å². The van der Waals surface area contributed by atoms with E-state index in [-0.39, 0.29) is 31.0 Å². The third kappa shape index (κ3) is 9.34. The average Bonchev–Trinajstić information content (AvgIpc) is 1.27. The van der Waals surface area contributed by atoms with Gasteiger partial charge in [-0.05, 0) is 0 Å². The van der Waals surface area contributed by atoms with E-state index in [4.69, 9.17) is 10.2 Å². The molecule has 0 aliphatic rings. The first kappa shape index (κ1) is 10.8. The Morgan fingerprint density at radius 3 is 1.50 bits per heavy atom. The van der Waals surface area contributed by atoms with Gasteiger partial charge in [0.1, 0.15) is 6.42 Å². The fourth-order valence-electron chi connectivity index (χ4n) is 0.129. The van der Waals surface area contributed by atoms with Crippen molar-refractivity contribution in [3.63, 3.8) is 0 Å². The van der Waals surface area contributed by atoms with Gasteiger partial charge in [0, 0.05) is 0 Å². The Balaban J connectivity index is -0.000000180. The van der Waals surface area contributed by atoms with Crippen LogP contribution in [0.4, 0.5) is 0 Å². The van der Waals surface area contributed by atoms with E-state index in [0.717, 1.165) is 0 Å². The summed E-state index contributed by atoms with van der Waals surface area (Å²) < 4.78 is 0. The smallest absolute Gasteiger partial charge is 1.00 e. The summed E-state index contributed by atoms with van der Waals surface area (Å²) in [6, 6.07) is 0. The van der Waals surface area contributed by atoms with E-state index in [1.807, 2.05) is 0 Å². The number of aliphatic carboxylic acids is 2. The number of carboxylic acid groups (broad SMARTS) is 2. The van der Waals surface area contributed by atoms with Gasteiger partial charge in [0.25, 0.3) is 0 Å². The number of rotatable bonds is 2. The Kier molecular flexibility index (Phi) is 6.89. The summed E-state index contributed by atoms with van der Waals surface area (Å²) >= 11 is 0. The van der Waals surface area contributed by atoms with Crippen molar-refractivity contribution in [3.8, 4) is 0 Å². The molecule has 2 N–H and O–H groups in total. The van der Waals surface area contributed by atoms with Crippen molar-refractivity contribution in [1.29, 1.82) is 0 Å². The van der Waals surface area contributed by atoms with Crippen LogP contribution in [0.1, 0.15) is 7.85 Å². The van der Waals surface area contributed by atoms with Crippen LogP contribution in [0.3, 0.4) is 0 Å². The third-order valence-electron chi connectivity index (χ3n) is 0.302. The molecule has 8 heavy (non-hydrogen) atoms. The van der Waals surface area contributed by atoms with E-state index in [1.54, 1.807) is 0 Å². The third-order valence-corrected chi connectivity index (χ3v) is 0.302. The molecule has 0 aliphatic heterocycles. The maximum absolute atomic E-state index is 9.43. The van der Waals surface area contributed by atoms with Crippen LogP contribution in [-0.2, 0) is 9.59 Å². The molecule has 0 aromatic rings. The second kappa shape index (κ2) is 5.08. The van der Waals surface area contributed by atoms with Crippen molar-refractivity contribution in [3.05, 3.63) is 0 Å². The zero-order valence-corrected chi connectivity index (χ0v) is 6.42. The minimum absolute atomic E-state index is 0. The van der Waals surface area contributed by atoms with E-state index < -0.39 is 18.4 Å². The number of carboxylic acids is 2. The molecule has 0 atom stereocenters. The molecule has 0 heterocycles. The van der Waals surface area contributed by atoms with E-state index in [1.165, 1.54) is 0 Å². The van der Waals surface area contributed by atoms with Crippen LogP contribution >= 0.6 is 0 Å². The van der Waals surface area contributed by atoms with Crippen molar-refractivity contribution in [1.82, 2.24) is 0 Å². The molecule has 0 bridgehead atoms. The average molecular weight is 128 g/mol. The molecule has 0 saturated heterocycles. The molecule has 0 spiro atoms. The molecule has 0 aliphatic carbocycles. The Hall–Kier alpha value is -0.0600. The molecule has 5 heteroatoms. The molecule has 0 aromatic heterocycles. The van der Waals surface area contributed by atoms with Gasteiger partial charge < -0.3 is 11.6 Å². The SMILES string of the molecule is O=C(O)CC(=O)O.[H-].[Na+]. The van der Waals surface area contributed by atoms with Crippen molar-refractivity contribution in [2.45, 2.75) is 6.42 Å². The second-order valence-corrected chi connectivity index (χ2v) is 0.964. The summed E-state index contributed by atoms with van der Waals surface area (Å²) in [5.74, 6) is -2.62. The van der Waals surface area contributed by atoms with Crippen molar-refractivity contribution >= 4 is 11.9 Å². The molecule has 0 amide bonds. The second-order valence-electron chi connectivity index (χ2n) is 0.964. The number of hydrogen-bond acceptors (Lipinski definition) is 2. The van der Waals surface area contributed by atoms with Crippen molar-refractivity contribution in [2.24, 2.45) is 0 Å². The summed E-state index contributed by atoms with van der Waals surface area (Å²) in [7, 11) is 0. The fraction of sp³-hybridized carbons (Fsp3) is 0.333. The first-order chi connectivity index (χ1) is 3.13. The number of hydrogen-bond donors (Lipinski definition) is 2. The van der Waals surface area contributed by atoms with Crippen LogP contribution in [0, 0.1) is 0 Å². The van der Waals surface area contributed by atoms with Gasteiger partial charge in [-0.2, -0.15) is 0 Å². The monoisotopic (exact) mass is 128 g/mol. The quantitative estimate of drug-likeness (QED) is 0.301. The molecular formula is C3H5NaO4. The maximum Gasteiger partial charge on any atom is 1.00 e. The summed E-state index contributed by atoms with van der Waals surface area (Å²) in [6.45, 7) is 0. The van der Waals surface area contributed by atoms with Crippen LogP contribution in [0.25, 0.3) is 0 Å². The van der Waals surface area contributed by atoms with Gasteiger partial charge >= 0.3 is 41.5 Å². The van der Waals surface area contributed by atoms with E-state index in [2.05, 4.69) is 0 Å². The molecule has 0 rings (SSSR count). The normalized spacial score (nSPS) is 7.00. The fourth-order valence-corrected chi connectivity index (χ4v) is 0.129. The van der Waals surface area contributed by atoms with Crippen molar-refractivity contribution in [2.75, 3.05) is 0 Å². The van der Waals surface area contributed by atoms with E-state index in [0.29, 0.717) is 0 Å². The molecule has 4 nitrogen and oxygen atoms in total. The molecular weight excluding hydrogens is 123 g/mol. The summed E-state index contributed by atoms with van der Waals surface area (Å²) in [4.78, 5) is 18.9. The summed E-state index contributed by atoms with van der Waals surface area (Å²) in [5.41, 5.74) is 0. The molecule has 0 unspecified atom stereocenters. The first-order valence-electron chi connectivity index (χ1n) is 1.56. The summed E-state index contributed by atoms with van der Waals surface area (Å²) in [5, 5.41) is 15.4. The Bertz CT molecular complexity index is 92.0. The van der Waals surface area contributed by atoms with Crippen LogP contribution in [-0.4, -0.2) is 22.2 Å². The minimum Gasteiger partial charge on any atom is -1.00 e. The Morgan fingerprint density at radius 1 is 1.25 bits per heavy atom. The van der Waals surface area contributed by atoms with Gasteiger partial charge in [0.05, 0.1) is 0 Å². The predicted molar refractivity (Wildman–Crippen MR) is 21.0 cm³/mol. The molecule has 0 radical (unpaired) electrons. The first-order valence-corrected chi connectivity index (χ1v) is 1.56. The van der Waals surface area contributed by atoms with Gasteiger partial charge in [-0.25, -0.2) is 0 Å². The van der Waals surface area contributed by atoms with Gasteiger partial charge in [-0.15, -0.1) is 0 Å². The van der Waals surface area contributed by atoms with Gasteiger partial charge in [0.15, 0.2) is 0 Å². The van der Waals surface area contributed by atoms with Gasteiger partial charge in [0.2, 0.25) is 0 Å². The van der Waals surface area contributed by atoms with Crippen molar-refractivity contribution < 1.29 is 50.8 Å². The molecule has 0 aromatic carbocycles. The van der Waals surface area contributed by atoms with Crippen LogP contribution < -0.4 is 29.6 Å². The van der Waals surface area contributed by atoms with Crippen LogP contribution in [0.5, 0.6) is 0 Å². The Labute approximate surface area is 69.3 Å². The maximum atomic E-state index is 9.43. The predicted octanol–water partition coefficient (Wildman–Crippen LogP) is -3.34. The Morgan fingerprint density at radius 2 is 1.50 bits per heavy atom. The largest absolute Gasteiger partial charge is 1.00 e. The topological polar surface area (TPSA) is 74.6 Å². The molecule has 42 valence electrons. The molecule has 0 saturated carbocycles. The molecule has 0 fully saturated rings. The van der Waals surface area contributed by atoms with Gasteiger partial charge in [-0.1, -0.05) is 0 Å².